The molecule has 0 spiro atoms. The Morgan fingerprint density at radius 1 is 1.38 bits per heavy atom. The fourth-order valence-electron chi connectivity index (χ4n) is 1.02. The summed E-state index contributed by atoms with van der Waals surface area (Å²) in [6, 6.07) is 6.84. The van der Waals surface area contributed by atoms with Crippen LogP contribution in [0.4, 0.5) is 5.69 Å². The normalized spacial score (nSPS) is 12.5. The third-order valence-corrected chi connectivity index (χ3v) is 1.75. The van der Waals surface area contributed by atoms with E-state index in [0.717, 1.165) is 5.75 Å². The van der Waals surface area contributed by atoms with Crippen LogP contribution >= 0.6 is 0 Å². The first-order valence-corrected chi connectivity index (χ1v) is 4.06. The number of nitrogens with one attached hydrogen (secondary N) is 1. The summed E-state index contributed by atoms with van der Waals surface area (Å²) in [5.74, 6) is 0.723. The van der Waals surface area contributed by atoms with Gasteiger partial charge >= 0.3 is 0 Å². The van der Waals surface area contributed by atoms with Crippen LogP contribution in [0.15, 0.2) is 24.3 Å². The number of hydrogen-bond donors (Lipinski definition) is 2. The van der Waals surface area contributed by atoms with Crippen LogP contribution in [-0.4, -0.2) is 25.4 Å². The first-order chi connectivity index (χ1) is 6.27. The van der Waals surface area contributed by atoms with Crippen molar-refractivity contribution in [1.29, 1.82) is 0 Å². The highest BCUT2D eigenvalue weighted by molar-refractivity contribution is 5.35. The maximum absolute atomic E-state index is 11.2. The predicted octanol–water partition coefficient (Wildman–Crippen LogP) is -0.298. The Hall–Kier alpha value is -1.10. The molecule has 0 amide bonds. The fourth-order valence-corrected chi connectivity index (χ4v) is 1.02. The van der Waals surface area contributed by atoms with E-state index >= 15 is 0 Å². The fraction of sp³-hybridized carbons (Fsp3) is 0.333. The van der Waals surface area contributed by atoms with Crippen molar-refractivity contribution in [2.75, 3.05) is 20.3 Å². The number of benzene rings is 1. The molecular formula is C9H13NO3. The number of hydroxylamine groups is 1. The van der Waals surface area contributed by atoms with E-state index in [4.69, 9.17) is 9.84 Å². The van der Waals surface area contributed by atoms with E-state index in [1.807, 2.05) is 0 Å². The standard InChI is InChI=1S/C9H13NO3/c1-13-9-4-2-8(3-5-9)10(12)6-7-11/h2-5,10-11H,6-7H2,1H3. The van der Waals surface area contributed by atoms with Gasteiger partial charge in [-0.1, -0.05) is 0 Å². The Kier molecular flexibility index (Phi) is 3.70. The summed E-state index contributed by atoms with van der Waals surface area (Å²) in [5.41, 5.74) is 0.606. The number of ether oxygens (including phenoxy) is 1. The lowest BCUT2D eigenvalue weighted by Gasteiger charge is -2.20. The number of hydrogen-bond acceptors (Lipinski definition) is 3. The van der Waals surface area contributed by atoms with E-state index in [-0.39, 0.29) is 18.2 Å². The van der Waals surface area contributed by atoms with Gasteiger partial charge in [0.1, 0.15) is 18.0 Å². The summed E-state index contributed by atoms with van der Waals surface area (Å²) in [6.45, 7) is 0.0667. The van der Waals surface area contributed by atoms with Crippen molar-refractivity contribution < 1.29 is 14.9 Å². The van der Waals surface area contributed by atoms with Crippen molar-refractivity contribution in [3.8, 4) is 5.75 Å². The van der Waals surface area contributed by atoms with E-state index in [0.29, 0.717) is 5.69 Å². The van der Waals surface area contributed by atoms with Gasteiger partial charge in [-0.05, 0) is 12.1 Å². The Balaban J connectivity index is 2.67. The topological polar surface area (TPSA) is 57.0 Å². The molecule has 2 N–H and O–H groups in total. The SMILES string of the molecule is COc1ccc([NH+]([O-])CCO)cc1. The molecule has 0 bridgehead atoms. The number of methoxy groups -OCH3 is 1. The summed E-state index contributed by atoms with van der Waals surface area (Å²) in [4.78, 5) is 0. The third-order valence-electron chi connectivity index (χ3n) is 1.75. The molecule has 4 heteroatoms. The molecule has 13 heavy (non-hydrogen) atoms. The first-order valence-electron chi connectivity index (χ1n) is 4.06. The average molecular weight is 183 g/mol. The van der Waals surface area contributed by atoms with Crippen LogP contribution in [0.3, 0.4) is 0 Å². The van der Waals surface area contributed by atoms with Crippen molar-refractivity contribution >= 4 is 5.69 Å². The number of aliphatic hydroxyl groups excluding tert-OH is 1. The van der Waals surface area contributed by atoms with E-state index in [1.54, 1.807) is 31.4 Å². The summed E-state index contributed by atoms with van der Waals surface area (Å²) in [5, 5.41) is 19.7. The van der Waals surface area contributed by atoms with Gasteiger partial charge in [0.2, 0.25) is 0 Å². The zero-order chi connectivity index (χ0) is 9.68. The summed E-state index contributed by atoms with van der Waals surface area (Å²) in [7, 11) is 1.57. The molecule has 1 rings (SSSR count). The summed E-state index contributed by atoms with van der Waals surface area (Å²) < 4.78 is 4.95. The number of quaternary nitrogens is 1. The van der Waals surface area contributed by atoms with Gasteiger partial charge in [-0.15, -0.1) is 0 Å². The maximum Gasteiger partial charge on any atom is 0.131 e. The van der Waals surface area contributed by atoms with Crippen molar-refractivity contribution in [3.05, 3.63) is 29.5 Å². The molecule has 72 valence electrons. The second kappa shape index (κ2) is 4.81. The Morgan fingerprint density at radius 2 is 2.00 bits per heavy atom. The molecule has 1 aromatic rings. The molecular weight excluding hydrogens is 170 g/mol. The minimum atomic E-state index is -0.106. The average Bonchev–Trinajstić information content (AvgIpc) is 2.18. The summed E-state index contributed by atoms with van der Waals surface area (Å²) >= 11 is 0. The molecule has 0 fully saturated rings. The molecule has 0 aliphatic rings. The molecule has 0 aliphatic carbocycles. The second-order valence-electron chi connectivity index (χ2n) is 2.63. The van der Waals surface area contributed by atoms with Gasteiger partial charge in [0.05, 0.1) is 13.7 Å². The molecule has 0 heterocycles. The highest BCUT2D eigenvalue weighted by Gasteiger charge is 2.00. The first kappa shape index (κ1) is 9.98. The predicted molar refractivity (Wildman–Crippen MR) is 48.9 cm³/mol. The lowest BCUT2D eigenvalue weighted by Crippen LogP contribution is -3.02. The number of aliphatic hydroxyl groups is 1. The molecule has 1 atom stereocenters. The molecule has 1 aromatic carbocycles. The largest absolute Gasteiger partial charge is 0.629 e. The van der Waals surface area contributed by atoms with Gasteiger partial charge in [-0.25, -0.2) is 0 Å². The zero-order valence-electron chi connectivity index (χ0n) is 7.49. The monoisotopic (exact) mass is 183 g/mol. The van der Waals surface area contributed by atoms with Gasteiger partial charge in [0.15, 0.2) is 0 Å². The van der Waals surface area contributed by atoms with Crippen LogP contribution in [0.2, 0.25) is 0 Å². The molecule has 0 saturated carbocycles. The quantitative estimate of drug-likeness (QED) is 0.630. The van der Waals surface area contributed by atoms with Crippen LogP contribution in [0, 0.1) is 5.21 Å². The van der Waals surface area contributed by atoms with Gasteiger partial charge in [-0.3, -0.25) is 0 Å². The molecule has 1 unspecified atom stereocenters. The van der Waals surface area contributed by atoms with Gasteiger partial charge in [0.25, 0.3) is 0 Å². The molecule has 0 aromatic heterocycles. The third kappa shape index (κ3) is 2.69. The molecule has 4 nitrogen and oxygen atoms in total. The lowest BCUT2D eigenvalue weighted by atomic mass is 10.3. The smallest absolute Gasteiger partial charge is 0.131 e. The van der Waals surface area contributed by atoms with Crippen LogP contribution in [0.25, 0.3) is 0 Å². The van der Waals surface area contributed by atoms with Crippen molar-refractivity contribution in [1.82, 2.24) is 0 Å². The van der Waals surface area contributed by atoms with E-state index in [9.17, 15) is 5.21 Å². The van der Waals surface area contributed by atoms with Crippen molar-refractivity contribution in [3.63, 3.8) is 0 Å². The Bertz CT molecular complexity index is 248. The minimum absolute atomic E-state index is 0.0508. The Labute approximate surface area is 76.9 Å². The van der Waals surface area contributed by atoms with Crippen molar-refractivity contribution in [2.24, 2.45) is 0 Å². The summed E-state index contributed by atoms with van der Waals surface area (Å²) in [6.07, 6.45) is 0. The zero-order valence-corrected chi connectivity index (χ0v) is 7.49. The molecule has 0 saturated heterocycles. The molecule has 0 aliphatic heterocycles. The maximum atomic E-state index is 11.2. The van der Waals surface area contributed by atoms with E-state index < -0.39 is 0 Å². The highest BCUT2D eigenvalue weighted by atomic mass is 16.5. The second-order valence-corrected chi connectivity index (χ2v) is 2.63. The van der Waals surface area contributed by atoms with Crippen LogP contribution in [-0.2, 0) is 0 Å². The van der Waals surface area contributed by atoms with Crippen molar-refractivity contribution in [2.45, 2.75) is 0 Å². The molecule has 0 radical (unpaired) electrons. The van der Waals surface area contributed by atoms with Crippen LogP contribution < -0.4 is 9.80 Å². The van der Waals surface area contributed by atoms with Gasteiger partial charge in [-0.2, -0.15) is 0 Å². The van der Waals surface area contributed by atoms with Crippen LogP contribution in [0.5, 0.6) is 5.75 Å². The Morgan fingerprint density at radius 3 is 2.46 bits per heavy atom. The van der Waals surface area contributed by atoms with Crippen LogP contribution in [0.1, 0.15) is 0 Å². The van der Waals surface area contributed by atoms with E-state index in [2.05, 4.69) is 0 Å². The lowest BCUT2D eigenvalue weighted by molar-refractivity contribution is -0.777. The van der Waals surface area contributed by atoms with Gasteiger partial charge in [0, 0.05) is 12.1 Å². The highest BCUT2D eigenvalue weighted by Crippen LogP contribution is 2.11. The number of rotatable bonds is 4. The minimum Gasteiger partial charge on any atom is -0.629 e. The van der Waals surface area contributed by atoms with E-state index in [1.165, 1.54) is 0 Å². The van der Waals surface area contributed by atoms with Gasteiger partial charge < -0.3 is 20.1 Å².